The Kier molecular flexibility index (Phi) is 6.17. The minimum Gasteiger partial charge on any atom is -0.496 e. The molecular weight excluding hydrogens is 382 g/mol. The van der Waals surface area contributed by atoms with Gasteiger partial charge in [0.05, 0.1) is 34.4 Å². The number of benzene rings is 2. The van der Waals surface area contributed by atoms with Crippen molar-refractivity contribution in [3.8, 4) is 5.75 Å². The predicted molar refractivity (Wildman–Crippen MR) is 106 cm³/mol. The van der Waals surface area contributed by atoms with Crippen molar-refractivity contribution in [3.05, 3.63) is 62.9 Å². The van der Waals surface area contributed by atoms with Crippen molar-refractivity contribution in [3.63, 3.8) is 0 Å². The first-order chi connectivity index (χ1) is 13.5. The number of nitro benzene ring substituents is 1. The number of thiazole rings is 1. The highest BCUT2D eigenvalue weighted by molar-refractivity contribution is 7.16. The van der Waals surface area contributed by atoms with Crippen molar-refractivity contribution in [2.75, 3.05) is 20.3 Å². The van der Waals surface area contributed by atoms with E-state index in [-0.39, 0.29) is 5.69 Å². The third-order valence-corrected chi connectivity index (χ3v) is 5.13. The van der Waals surface area contributed by atoms with Crippen LogP contribution in [0.1, 0.15) is 17.3 Å². The van der Waals surface area contributed by atoms with Crippen LogP contribution in [0.2, 0.25) is 0 Å². The Bertz CT molecular complexity index is 1090. The minimum atomic E-state index is -0.444. The fraction of sp³-hybridized carbons (Fsp3) is 0.263. The van der Waals surface area contributed by atoms with Gasteiger partial charge in [-0.3, -0.25) is 14.9 Å². The molecule has 9 heteroatoms. The summed E-state index contributed by atoms with van der Waals surface area (Å²) in [6, 6.07) is 11.5. The second-order valence-electron chi connectivity index (χ2n) is 5.76. The maximum absolute atomic E-state index is 12.7. The summed E-state index contributed by atoms with van der Waals surface area (Å²) in [6.07, 6.45) is 0. The van der Waals surface area contributed by atoms with Gasteiger partial charge in [0.1, 0.15) is 5.75 Å². The SMILES string of the molecule is CCOCCn1c(=NC(=O)c2ccccc2OC)sc2ccc([N+](=O)[O-])cc21. The highest BCUT2D eigenvalue weighted by Gasteiger charge is 2.15. The van der Waals surface area contributed by atoms with Gasteiger partial charge in [0.15, 0.2) is 4.80 Å². The van der Waals surface area contributed by atoms with Crippen molar-refractivity contribution >= 4 is 33.1 Å². The van der Waals surface area contributed by atoms with Crippen LogP contribution < -0.4 is 9.54 Å². The second kappa shape index (κ2) is 8.77. The number of non-ortho nitro benzene ring substituents is 1. The number of aromatic nitrogens is 1. The third-order valence-electron chi connectivity index (χ3n) is 4.07. The Balaban J connectivity index is 2.12. The first kappa shape index (κ1) is 19.7. The highest BCUT2D eigenvalue weighted by atomic mass is 32.1. The maximum Gasteiger partial charge on any atom is 0.283 e. The number of carbonyl (C=O) groups excluding carboxylic acids is 1. The molecular formula is C19H19N3O5S. The van der Waals surface area contributed by atoms with Crippen LogP contribution in [0.5, 0.6) is 5.75 Å². The molecule has 0 unspecified atom stereocenters. The Morgan fingerprint density at radius 1 is 1.29 bits per heavy atom. The molecule has 0 radical (unpaired) electrons. The molecule has 0 saturated carbocycles. The molecule has 8 nitrogen and oxygen atoms in total. The topological polar surface area (TPSA) is 96.0 Å². The average Bonchev–Trinajstić information content (AvgIpc) is 3.04. The van der Waals surface area contributed by atoms with Crippen LogP contribution in [0.25, 0.3) is 10.2 Å². The standard InChI is InChI=1S/C19H19N3O5S/c1-3-27-11-10-21-15-12-13(22(24)25)8-9-17(15)28-19(21)20-18(23)14-6-4-5-7-16(14)26-2/h4-9,12H,3,10-11H2,1-2H3. The van der Waals surface area contributed by atoms with E-state index in [1.807, 2.05) is 6.92 Å². The number of hydrogen-bond donors (Lipinski definition) is 0. The van der Waals surface area contributed by atoms with Gasteiger partial charge in [-0.1, -0.05) is 23.5 Å². The zero-order valence-electron chi connectivity index (χ0n) is 15.5. The lowest BCUT2D eigenvalue weighted by molar-refractivity contribution is -0.384. The van der Waals surface area contributed by atoms with Crippen LogP contribution in [0.4, 0.5) is 5.69 Å². The highest BCUT2D eigenvalue weighted by Crippen LogP contribution is 2.23. The normalized spacial score (nSPS) is 11.7. The van der Waals surface area contributed by atoms with Gasteiger partial charge in [0, 0.05) is 25.3 Å². The van der Waals surface area contributed by atoms with Gasteiger partial charge in [-0.25, -0.2) is 0 Å². The van der Waals surface area contributed by atoms with Crippen LogP contribution >= 0.6 is 11.3 Å². The summed E-state index contributed by atoms with van der Waals surface area (Å²) in [7, 11) is 1.49. The van der Waals surface area contributed by atoms with E-state index in [1.54, 1.807) is 34.9 Å². The summed E-state index contributed by atoms with van der Waals surface area (Å²) in [4.78, 5) is 28.1. The van der Waals surface area contributed by atoms with Gasteiger partial charge in [0.25, 0.3) is 11.6 Å². The summed E-state index contributed by atoms with van der Waals surface area (Å²) in [5, 5.41) is 11.1. The van der Waals surface area contributed by atoms with Crippen molar-refractivity contribution < 1.29 is 19.2 Å². The van der Waals surface area contributed by atoms with E-state index in [9.17, 15) is 14.9 Å². The lowest BCUT2D eigenvalue weighted by Crippen LogP contribution is -2.20. The van der Waals surface area contributed by atoms with Gasteiger partial charge >= 0.3 is 0 Å². The molecule has 3 rings (SSSR count). The number of nitro groups is 1. The molecule has 0 aliphatic rings. The molecule has 0 spiro atoms. The molecule has 1 amide bonds. The van der Waals surface area contributed by atoms with E-state index in [0.29, 0.717) is 41.4 Å². The molecule has 146 valence electrons. The monoisotopic (exact) mass is 401 g/mol. The molecule has 1 heterocycles. The van der Waals surface area contributed by atoms with Crippen LogP contribution in [-0.4, -0.2) is 35.7 Å². The number of fused-ring (bicyclic) bond motifs is 1. The lowest BCUT2D eigenvalue weighted by Gasteiger charge is -2.06. The number of ether oxygens (including phenoxy) is 2. The van der Waals surface area contributed by atoms with Gasteiger partial charge < -0.3 is 14.0 Å². The smallest absolute Gasteiger partial charge is 0.283 e. The zero-order chi connectivity index (χ0) is 20.1. The molecule has 0 N–H and O–H groups in total. The van der Waals surface area contributed by atoms with Gasteiger partial charge in [-0.05, 0) is 25.1 Å². The van der Waals surface area contributed by atoms with Crippen molar-refractivity contribution in [2.45, 2.75) is 13.5 Å². The van der Waals surface area contributed by atoms with Gasteiger partial charge in [-0.15, -0.1) is 0 Å². The first-order valence-electron chi connectivity index (χ1n) is 8.62. The minimum absolute atomic E-state index is 0.0157. The Morgan fingerprint density at radius 3 is 2.79 bits per heavy atom. The van der Waals surface area contributed by atoms with E-state index in [0.717, 1.165) is 4.70 Å². The summed E-state index contributed by atoms with van der Waals surface area (Å²) < 4.78 is 13.2. The van der Waals surface area contributed by atoms with Crippen molar-refractivity contribution in [1.82, 2.24) is 4.57 Å². The van der Waals surface area contributed by atoms with E-state index >= 15 is 0 Å². The summed E-state index contributed by atoms with van der Waals surface area (Å²) in [5.41, 5.74) is 0.980. The van der Waals surface area contributed by atoms with Gasteiger partial charge in [-0.2, -0.15) is 4.99 Å². The number of amides is 1. The molecule has 0 aliphatic carbocycles. The third kappa shape index (κ3) is 4.10. The Hall–Kier alpha value is -3.04. The zero-order valence-corrected chi connectivity index (χ0v) is 16.3. The molecule has 2 aromatic carbocycles. The predicted octanol–water partition coefficient (Wildman–Crippen LogP) is 3.40. The number of nitrogens with zero attached hydrogens (tertiary/aromatic N) is 3. The van der Waals surface area contributed by atoms with Crippen LogP contribution in [0.3, 0.4) is 0 Å². The van der Waals surface area contributed by atoms with Crippen LogP contribution in [0, 0.1) is 10.1 Å². The van der Waals surface area contributed by atoms with Crippen molar-refractivity contribution in [1.29, 1.82) is 0 Å². The summed E-state index contributed by atoms with van der Waals surface area (Å²) in [6.45, 7) is 3.27. The van der Waals surface area contributed by atoms with Gasteiger partial charge in [0.2, 0.25) is 0 Å². The molecule has 0 fully saturated rings. The van der Waals surface area contributed by atoms with Crippen molar-refractivity contribution in [2.24, 2.45) is 4.99 Å². The largest absolute Gasteiger partial charge is 0.496 e. The van der Waals surface area contributed by atoms with Crippen LogP contribution in [-0.2, 0) is 11.3 Å². The number of methoxy groups -OCH3 is 1. The molecule has 0 atom stereocenters. The lowest BCUT2D eigenvalue weighted by atomic mass is 10.2. The molecule has 1 aromatic heterocycles. The average molecular weight is 401 g/mol. The van der Waals surface area contributed by atoms with E-state index in [4.69, 9.17) is 9.47 Å². The molecule has 28 heavy (non-hydrogen) atoms. The van der Waals surface area contributed by atoms with E-state index < -0.39 is 10.8 Å². The first-order valence-corrected chi connectivity index (χ1v) is 9.44. The Morgan fingerprint density at radius 2 is 2.07 bits per heavy atom. The number of hydrogen-bond acceptors (Lipinski definition) is 6. The Labute approximate surface area is 164 Å². The molecule has 0 bridgehead atoms. The second-order valence-corrected chi connectivity index (χ2v) is 6.77. The molecule has 3 aromatic rings. The van der Waals surface area contributed by atoms with E-state index in [1.165, 1.54) is 30.6 Å². The number of para-hydroxylation sites is 1. The molecule has 0 aliphatic heterocycles. The van der Waals surface area contributed by atoms with Crippen LogP contribution in [0.15, 0.2) is 47.5 Å². The number of rotatable bonds is 7. The molecule has 0 saturated heterocycles. The fourth-order valence-corrected chi connectivity index (χ4v) is 3.78. The summed E-state index contributed by atoms with van der Waals surface area (Å²) >= 11 is 1.30. The van der Waals surface area contributed by atoms with E-state index in [2.05, 4.69) is 4.99 Å². The number of carbonyl (C=O) groups is 1. The fourth-order valence-electron chi connectivity index (χ4n) is 2.74. The quantitative estimate of drug-likeness (QED) is 0.343. The maximum atomic E-state index is 12.7. The summed E-state index contributed by atoms with van der Waals surface area (Å²) in [5.74, 6) is -0.00229.